The number of benzene rings is 1. The Kier molecular flexibility index (Phi) is 5.29. The van der Waals surface area contributed by atoms with Gasteiger partial charge in [0, 0.05) is 17.4 Å². The van der Waals surface area contributed by atoms with E-state index in [0.29, 0.717) is 10.9 Å². The predicted molar refractivity (Wildman–Crippen MR) is 72.8 cm³/mol. The van der Waals surface area contributed by atoms with Crippen molar-refractivity contribution >= 4 is 49.2 Å². The van der Waals surface area contributed by atoms with Gasteiger partial charge < -0.3 is 0 Å². The van der Waals surface area contributed by atoms with Crippen molar-refractivity contribution in [1.82, 2.24) is 4.72 Å². The summed E-state index contributed by atoms with van der Waals surface area (Å²) in [7, 11) is -3.74. The van der Waals surface area contributed by atoms with Crippen LogP contribution in [0.5, 0.6) is 0 Å². The minimum Gasteiger partial charge on any atom is -0.210 e. The van der Waals surface area contributed by atoms with E-state index in [-0.39, 0.29) is 21.5 Å². The summed E-state index contributed by atoms with van der Waals surface area (Å²) in [5, 5.41) is 0.107. The lowest BCUT2D eigenvalue weighted by atomic mass is 10.4. The number of terminal acetylenes is 1. The maximum Gasteiger partial charge on any atom is 0.243 e. The van der Waals surface area contributed by atoms with Crippen LogP contribution in [0.25, 0.3) is 0 Å². The van der Waals surface area contributed by atoms with Gasteiger partial charge in [0.05, 0.1) is 10.0 Å². The summed E-state index contributed by atoms with van der Waals surface area (Å²) in [4.78, 5) is -0.138. The maximum atomic E-state index is 11.9. The first kappa shape index (κ1) is 14.8. The molecule has 0 bridgehead atoms. The first-order chi connectivity index (χ1) is 7.88. The monoisotopic (exact) mass is 355 g/mol. The molecule has 0 amide bonds. The van der Waals surface area contributed by atoms with Crippen LogP contribution in [0.1, 0.15) is 6.42 Å². The van der Waals surface area contributed by atoms with Crippen LogP contribution in [0.3, 0.4) is 0 Å². The molecule has 0 fully saturated rings. The molecule has 0 heterocycles. The van der Waals surface area contributed by atoms with Gasteiger partial charge in [0.25, 0.3) is 0 Å². The second kappa shape index (κ2) is 6.07. The third-order valence-electron chi connectivity index (χ3n) is 1.79. The molecule has 1 rings (SSSR count). The van der Waals surface area contributed by atoms with Crippen molar-refractivity contribution in [2.45, 2.75) is 11.3 Å². The number of sulfonamides is 1. The van der Waals surface area contributed by atoms with Crippen molar-refractivity contribution in [2.24, 2.45) is 0 Å². The van der Waals surface area contributed by atoms with E-state index in [0.717, 1.165) is 0 Å². The Morgan fingerprint density at radius 1 is 1.35 bits per heavy atom. The zero-order valence-corrected chi connectivity index (χ0v) is 12.4. The Morgan fingerprint density at radius 3 is 2.35 bits per heavy atom. The summed E-state index contributed by atoms with van der Waals surface area (Å²) in [5.74, 6) is 2.33. The smallest absolute Gasteiger partial charge is 0.210 e. The molecule has 7 heteroatoms. The molecule has 17 heavy (non-hydrogen) atoms. The second-order valence-corrected chi connectivity index (χ2v) is 6.48. The van der Waals surface area contributed by atoms with Gasteiger partial charge in [0.1, 0.15) is 4.90 Å². The van der Waals surface area contributed by atoms with E-state index >= 15 is 0 Å². The van der Waals surface area contributed by atoms with Crippen LogP contribution in [0.15, 0.2) is 21.5 Å². The van der Waals surface area contributed by atoms with E-state index in [9.17, 15) is 8.42 Å². The van der Waals surface area contributed by atoms with E-state index in [1.165, 1.54) is 12.1 Å². The molecule has 0 aliphatic carbocycles. The van der Waals surface area contributed by atoms with Crippen molar-refractivity contribution in [2.75, 3.05) is 6.54 Å². The maximum absolute atomic E-state index is 11.9. The van der Waals surface area contributed by atoms with Gasteiger partial charge in [-0.15, -0.1) is 12.3 Å². The van der Waals surface area contributed by atoms with Crippen molar-refractivity contribution < 1.29 is 8.42 Å². The minimum absolute atomic E-state index is 0.0533. The van der Waals surface area contributed by atoms with Crippen molar-refractivity contribution in [1.29, 1.82) is 0 Å². The van der Waals surface area contributed by atoms with Crippen LogP contribution in [0, 0.1) is 12.3 Å². The molecule has 3 nitrogen and oxygen atoms in total. The van der Waals surface area contributed by atoms with Gasteiger partial charge >= 0.3 is 0 Å². The number of hydrogen-bond acceptors (Lipinski definition) is 2. The Hall–Kier alpha value is -0.250. The van der Waals surface area contributed by atoms with Crippen LogP contribution in [-0.2, 0) is 10.0 Å². The van der Waals surface area contributed by atoms with Gasteiger partial charge in [0.15, 0.2) is 0 Å². The quantitative estimate of drug-likeness (QED) is 0.665. The molecule has 1 aromatic rings. The molecular formula is C10H8BrCl2NO2S. The topological polar surface area (TPSA) is 46.2 Å². The number of halogens is 3. The fourth-order valence-corrected chi connectivity index (χ4v) is 4.08. The first-order valence-electron chi connectivity index (χ1n) is 4.46. The molecule has 0 unspecified atom stereocenters. The summed E-state index contributed by atoms with van der Waals surface area (Å²) in [6.45, 7) is 0.140. The van der Waals surface area contributed by atoms with E-state index in [2.05, 4.69) is 26.6 Å². The summed E-state index contributed by atoms with van der Waals surface area (Å²) >= 11 is 14.9. The van der Waals surface area contributed by atoms with Crippen molar-refractivity contribution in [3.05, 3.63) is 26.7 Å². The van der Waals surface area contributed by atoms with Gasteiger partial charge in [-0.05, 0) is 12.1 Å². The molecular weight excluding hydrogens is 349 g/mol. The largest absolute Gasteiger partial charge is 0.243 e. The van der Waals surface area contributed by atoms with Gasteiger partial charge in [-0.2, -0.15) is 0 Å². The molecule has 0 aliphatic rings. The number of rotatable bonds is 4. The SMILES string of the molecule is C#CCCNS(=O)(=O)c1c(Cl)cc(Br)cc1Cl. The highest BCUT2D eigenvalue weighted by molar-refractivity contribution is 9.10. The number of hydrogen-bond donors (Lipinski definition) is 1. The zero-order chi connectivity index (χ0) is 13.1. The molecule has 0 spiro atoms. The van der Waals surface area contributed by atoms with Gasteiger partial charge in [-0.25, -0.2) is 13.1 Å². The van der Waals surface area contributed by atoms with E-state index in [1.54, 1.807) is 0 Å². The van der Waals surface area contributed by atoms with E-state index in [4.69, 9.17) is 29.6 Å². The van der Waals surface area contributed by atoms with E-state index in [1.807, 2.05) is 0 Å². The van der Waals surface area contributed by atoms with Crippen molar-refractivity contribution in [3.8, 4) is 12.3 Å². The average molecular weight is 357 g/mol. The lowest BCUT2D eigenvalue weighted by molar-refractivity contribution is 0.582. The lowest BCUT2D eigenvalue weighted by Gasteiger charge is -2.09. The Bertz CT molecular complexity index is 543. The molecule has 1 aromatic carbocycles. The fourth-order valence-electron chi connectivity index (χ4n) is 1.12. The first-order valence-corrected chi connectivity index (χ1v) is 7.49. The van der Waals surface area contributed by atoms with Gasteiger partial charge in [-0.3, -0.25) is 0 Å². The van der Waals surface area contributed by atoms with Crippen LogP contribution in [-0.4, -0.2) is 15.0 Å². The third kappa shape index (κ3) is 3.87. The normalized spacial score (nSPS) is 11.2. The van der Waals surface area contributed by atoms with Crippen LogP contribution < -0.4 is 4.72 Å². The highest BCUT2D eigenvalue weighted by atomic mass is 79.9. The number of nitrogens with one attached hydrogen (secondary N) is 1. The highest BCUT2D eigenvalue weighted by Gasteiger charge is 2.21. The van der Waals surface area contributed by atoms with E-state index < -0.39 is 10.0 Å². The molecule has 0 radical (unpaired) electrons. The highest BCUT2D eigenvalue weighted by Crippen LogP contribution is 2.32. The summed E-state index contributed by atoms with van der Waals surface area (Å²) in [6, 6.07) is 2.92. The standard InChI is InChI=1S/C10H8BrCl2NO2S/c1-2-3-4-14-17(15,16)10-8(12)5-7(11)6-9(10)13/h1,5-6,14H,3-4H2. The molecule has 0 atom stereocenters. The summed E-state index contributed by atoms with van der Waals surface area (Å²) in [6.07, 6.45) is 5.33. The van der Waals surface area contributed by atoms with Crippen LogP contribution >= 0.6 is 39.1 Å². The Balaban J connectivity index is 3.12. The Morgan fingerprint density at radius 2 is 1.88 bits per heavy atom. The molecule has 1 N–H and O–H groups in total. The summed E-state index contributed by atoms with van der Waals surface area (Å²) in [5.41, 5.74) is 0. The van der Waals surface area contributed by atoms with Crippen LogP contribution in [0.2, 0.25) is 10.0 Å². The molecule has 0 aliphatic heterocycles. The van der Waals surface area contributed by atoms with Crippen molar-refractivity contribution in [3.63, 3.8) is 0 Å². The molecule has 92 valence electrons. The average Bonchev–Trinajstić information content (AvgIpc) is 2.15. The Labute approximate surface area is 119 Å². The fraction of sp³-hybridized carbons (Fsp3) is 0.200. The third-order valence-corrected chi connectivity index (χ3v) is 4.63. The predicted octanol–water partition coefficient (Wildman–Crippen LogP) is 3.06. The molecule has 0 aromatic heterocycles. The summed E-state index contributed by atoms with van der Waals surface area (Å²) < 4.78 is 26.7. The molecule has 0 saturated heterocycles. The van der Waals surface area contributed by atoms with Gasteiger partial charge in [-0.1, -0.05) is 39.1 Å². The van der Waals surface area contributed by atoms with Crippen LogP contribution in [0.4, 0.5) is 0 Å². The lowest BCUT2D eigenvalue weighted by Crippen LogP contribution is -2.25. The zero-order valence-electron chi connectivity index (χ0n) is 8.50. The second-order valence-electron chi connectivity index (χ2n) is 3.05. The molecule has 0 saturated carbocycles. The minimum atomic E-state index is -3.74. The van der Waals surface area contributed by atoms with Gasteiger partial charge in [0.2, 0.25) is 10.0 Å².